The zero-order chi connectivity index (χ0) is 23.7. The van der Waals surface area contributed by atoms with Crippen LogP contribution in [0, 0.1) is 5.82 Å². The lowest BCUT2D eigenvalue weighted by atomic mass is 9.76. The fourth-order valence-corrected chi connectivity index (χ4v) is 3.87. The first-order chi connectivity index (χ1) is 15.3. The molecule has 5 nitrogen and oxygen atoms in total. The van der Waals surface area contributed by atoms with E-state index in [4.69, 9.17) is 0 Å². The topological polar surface area (TPSA) is 58.9 Å². The number of imidazole rings is 1. The number of nitrogens with zero attached hydrogens (tertiary/aromatic N) is 2. The van der Waals surface area contributed by atoms with Crippen LogP contribution >= 0.6 is 12.6 Å². The minimum atomic E-state index is -0.717. The van der Waals surface area contributed by atoms with E-state index in [2.05, 4.69) is 28.2 Å². The molecular formula is C25H33FN4OS. The summed E-state index contributed by atoms with van der Waals surface area (Å²) in [6.45, 7) is 8.46. The van der Waals surface area contributed by atoms with Crippen LogP contribution in [-0.2, 0) is 17.3 Å². The Balaban J connectivity index is 0.00000176. The van der Waals surface area contributed by atoms with Gasteiger partial charge in [-0.05, 0) is 49.7 Å². The summed E-state index contributed by atoms with van der Waals surface area (Å²) >= 11 is 4.34. The Morgan fingerprint density at radius 2 is 1.94 bits per heavy atom. The summed E-state index contributed by atoms with van der Waals surface area (Å²) in [5, 5.41) is 6.34. The lowest BCUT2D eigenvalue weighted by Gasteiger charge is -2.31. The molecule has 172 valence electrons. The molecule has 0 aliphatic heterocycles. The fraction of sp³-hybridized carbons (Fsp3) is 0.360. The van der Waals surface area contributed by atoms with Gasteiger partial charge in [0.1, 0.15) is 5.82 Å². The largest absolute Gasteiger partial charge is 0.383 e. The summed E-state index contributed by atoms with van der Waals surface area (Å²) in [5.74, 6) is -0.439. The number of hydrogen-bond acceptors (Lipinski definition) is 4. The highest BCUT2D eigenvalue weighted by molar-refractivity contribution is 7.80. The van der Waals surface area contributed by atoms with Crippen LogP contribution in [0.1, 0.15) is 45.4 Å². The number of amides is 1. The number of halogens is 1. The summed E-state index contributed by atoms with van der Waals surface area (Å²) in [4.78, 5) is 18.0. The predicted octanol–water partition coefficient (Wildman–Crippen LogP) is 5.19. The van der Waals surface area contributed by atoms with Crippen LogP contribution in [0.25, 0.3) is 0 Å². The Hall–Kier alpha value is -2.80. The van der Waals surface area contributed by atoms with E-state index in [-0.39, 0.29) is 24.2 Å². The maximum atomic E-state index is 13.9. The van der Waals surface area contributed by atoms with Crippen molar-refractivity contribution >= 4 is 24.2 Å². The second kappa shape index (κ2) is 11.7. The maximum absolute atomic E-state index is 13.9. The Morgan fingerprint density at radius 1 is 1.22 bits per heavy atom. The molecule has 7 heteroatoms. The molecule has 2 atom stereocenters. The van der Waals surface area contributed by atoms with Crippen LogP contribution in [0.15, 0.2) is 66.0 Å². The molecule has 3 rings (SSSR count). The molecule has 1 aromatic heterocycles. The molecule has 0 aliphatic carbocycles. The smallest absolute Gasteiger partial charge is 0.221 e. The Bertz CT molecular complexity index is 1020. The van der Waals surface area contributed by atoms with Gasteiger partial charge in [0.2, 0.25) is 5.91 Å². The number of hydrogen-bond donors (Lipinski definition) is 3. The van der Waals surface area contributed by atoms with Crippen LogP contribution < -0.4 is 10.6 Å². The highest BCUT2D eigenvalue weighted by Crippen LogP contribution is 2.35. The first-order valence-corrected chi connectivity index (χ1v) is 11.3. The number of rotatable bonds is 8. The van der Waals surface area contributed by atoms with Crippen molar-refractivity contribution < 1.29 is 9.18 Å². The molecule has 3 aromatic rings. The molecule has 2 unspecified atom stereocenters. The van der Waals surface area contributed by atoms with E-state index in [0.29, 0.717) is 6.54 Å². The second-order valence-electron chi connectivity index (χ2n) is 7.81. The lowest BCUT2D eigenvalue weighted by Crippen LogP contribution is -2.41. The van der Waals surface area contributed by atoms with Crippen LogP contribution in [0.4, 0.5) is 10.1 Å². The van der Waals surface area contributed by atoms with Gasteiger partial charge in [-0.2, -0.15) is 0 Å². The van der Waals surface area contributed by atoms with Crippen molar-refractivity contribution in [2.75, 3.05) is 11.9 Å². The maximum Gasteiger partial charge on any atom is 0.221 e. The highest BCUT2D eigenvalue weighted by atomic mass is 32.1. The van der Waals surface area contributed by atoms with Gasteiger partial charge < -0.3 is 15.2 Å². The van der Waals surface area contributed by atoms with E-state index in [1.807, 2.05) is 69.6 Å². The van der Waals surface area contributed by atoms with Crippen molar-refractivity contribution in [1.29, 1.82) is 0 Å². The number of anilines is 1. The standard InChI is InChI=1S/C23H27FN4OS.C2H6/c1-16(13-26-19-8-5-9-20(30)11-19)27-22(29)12-23(2,21-14-25-15-28(21)3)17-6-4-7-18(24)10-17;1-2/h4-11,14-16,26,30H,12-13H2,1-3H3,(H,27,29);1-2H3. The van der Waals surface area contributed by atoms with Gasteiger partial charge in [0, 0.05) is 53.9 Å². The average Bonchev–Trinajstić information content (AvgIpc) is 3.20. The van der Waals surface area contributed by atoms with Crippen LogP contribution in [0.2, 0.25) is 0 Å². The Kier molecular flexibility index (Phi) is 9.32. The van der Waals surface area contributed by atoms with E-state index < -0.39 is 5.41 Å². The lowest BCUT2D eigenvalue weighted by molar-refractivity contribution is -0.122. The molecule has 0 radical (unpaired) electrons. The molecule has 0 aliphatic rings. The number of benzene rings is 2. The van der Waals surface area contributed by atoms with Gasteiger partial charge in [0.05, 0.1) is 6.33 Å². The molecular weight excluding hydrogens is 423 g/mol. The molecule has 0 bridgehead atoms. The van der Waals surface area contributed by atoms with Crippen molar-refractivity contribution in [2.24, 2.45) is 7.05 Å². The van der Waals surface area contributed by atoms with Crippen molar-refractivity contribution in [2.45, 2.75) is 50.5 Å². The minimum Gasteiger partial charge on any atom is -0.383 e. The van der Waals surface area contributed by atoms with Crippen molar-refractivity contribution in [3.05, 3.63) is 78.1 Å². The summed E-state index contributed by atoms with van der Waals surface area (Å²) < 4.78 is 15.8. The molecule has 2 N–H and O–H groups in total. The summed E-state index contributed by atoms with van der Waals surface area (Å²) in [5.41, 5.74) is 1.81. The van der Waals surface area contributed by atoms with Crippen LogP contribution in [-0.4, -0.2) is 28.0 Å². The van der Waals surface area contributed by atoms with Crippen LogP contribution in [0.3, 0.4) is 0 Å². The summed E-state index contributed by atoms with van der Waals surface area (Å²) in [6.07, 6.45) is 3.59. The Labute approximate surface area is 195 Å². The zero-order valence-electron chi connectivity index (χ0n) is 19.4. The SMILES string of the molecule is CC.CC(CNc1cccc(S)c1)NC(=O)CC(C)(c1cccc(F)c1)c1cncn1C. The van der Waals surface area contributed by atoms with Gasteiger partial charge >= 0.3 is 0 Å². The van der Waals surface area contributed by atoms with Gasteiger partial charge in [-0.1, -0.05) is 32.0 Å². The van der Waals surface area contributed by atoms with Gasteiger partial charge in [-0.3, -0.25) is 4.79 Å². The third kappa shape index (κ3) is 6.60. The van der Waals surface area contributed by atoms with E-state index in [1.54, 1.807) is 18.6 Å². The number of aryl methyl sites for hydroxylation is 1. The highest BCUT2D eigenvalue weighted by Gasteiger charge is 2.34. The number of carbonyl (C=O) groups excluding carboxylic acids is 1. The number of thiol groups is 1. The zero-order valence-corrected chi connectivity index (χ0v) is 20.3. The van der Waals surface area contributed by atoms with Gasteiger partial charge in [0.25, 0.3) is 0 Å². The minimum absolute atomic E-state index is 0.0932. The number of nitrogens with one attached hydrogen (secondary N) is 2. The van der Waals surface area contributed by atoms with Crippen molar-refractivity contribution in [3.8, 4) is 0 Å². The first kappa shape index (κ1) is 25.5. The predicted molar refractivity (Wildman–Crippen MR) is 132 cm³/mol. The third-order valence-electron chi connectivity index (χ3n) is 5.22. The van der Waals surface area contributed by atoms with Gasteiger partial charge in [-0.15, -0.1) is 12.6 Å². The fourth-order valence-electron chi connectivity index (χ4n) is 3.65. The molecule has 32 heavy (non-hydrogen) atoms. The molecule has 0 saturated carbocycles. The monoisotopic (exact) mass is 456 g/mol. The van der Waals surface area contributed by atoms with E-state index >= 15 is 0 Å². The average molecular weight is 457 g/mol. The third-order valence-corrected chi connectivity index (χ3v) is 5.50. The molecule has 0 fully saturated rings. The van der Waals surface area contributed by atoms with Crippen molar-refractivity contribution in [3.63, 3.8) is 0 Å². The summed E-state index contributed by atoms with van der Waals surface area (Å²) in [7, 11) is 1.87. The first-order valence-electron chi connectivity index (χ1n) is 10.8. The van der Waals surface area contributed by atoms with Gasteiger partial charge in [-0.25, -0.2) is 9.37 Å². The van der Waals surface area contributed by atoms with Crippen molar-refractivity contribution in [1.82, 2.24) is 14.9 Å². The normalized spacial score (nSPS) is 13.3. The molecule has 1 heterocycles. The van der Waals surface area contributed by atoms with E-state index in [1.165, 1.54) is 12.1 Å². The van der Waals surface area contributed by atoms with Crippen LogP contribution in [0.5, 0.6) is 0 Å². The molecule has 1 amide bonds. The number of carbonyl (C=O) groups is 1. The molecule has 0 spiro atoms. The molecule has 0 saturated heterocycles. The van der Waals surface area contributed by atoms with E-state index in [0.717, 1.165) is 21.8 Å². The summed E-state index contributed by atoms with van der Waals surface area (Å²) in [6, 6.07) is 14.0. The van der Waals surface area contributed by atoms with Gasteiger partial charge in [0.15, 0.2) is 0 Å². The Morgan fingerprint density at radius 3 is 2.56 bits per heavy atom. The van der Waals surface area contributed by atoms with E-state index in [9.17, 15) is 9.18 Å². The second-order valence-corrected chi connectivity index (χ2v) is 8.33. The molecule has 2 aromatic carbocycles. The quantitative estimate of drug-likeness (QED) is 0.409. The number of aromatic nitrogens is 2.